The van der Waals surface area contributed by atoms with Crippen LogP contribution in [0.25, 0.3) is 27.4 Å². The average molecular weight is 505 g/mol. The van der Waals surface area contributed by atoms with Gasteiger partial charge in [-0.3, -0.25) is 9.36 Å². The van der Waals surface area contributed by atoms with Gasteiger partial charge in [-0.25, -0.2) is 9.78 Å². The molecule has 0 radical (unpaired) electrons. The largest absolute Gasteiger partial charge is 0.322 e. The van der Waals surface area contributed by atoms with Crippen LogP contribution in [0.2, 0.25) is 0 Å². The van der Waals surface area contributed by atoms with Crippen molar-refractivity contribution >= 4 is 33.4 Å². The average Bonchev–Trinajstić information content (AvgIpc) is 2.94. The molecule has 0 aliphatic heterocycles. The van der Waals surface area contributed by atoms with Gasteiger partial charge in [0.1, 0.15) is 5.82 Å². The molecule has 0 bridgehead atoms. The molecule has 0 saturated heterocycles. The maximum Gasteiger partial charge on any atom is 0.322 e. The lowest BCUT2D eigenvalue weighted by Crippen LogP contribution is -2.40. The molecule has 38 heavy (non-hydrogen) atoms. The number of hydrogen-bond donors (Lipinski definition) is 1. The minimum atomic E-state index is -0.464. The number of nitrogens with one attached hydrogen (secondary N) is 1. The van der Waals surface area contributed by atoms with Crippen molar-refractivity contribution in [2.45, 2.75) is 39.7 Å². The van der Waals surface area contributed by atoms with E-state index < -0.39 is 6.04 Å². The van der Waals surface area contributed by atoms with Gasteiger partial charge < -0.3 is 10.2 Å². The van der Waals surface area contributed by atoms with E-state index in [1.54, 1.807) is 15.5 Å². The summed E-state index contributed by atoms with van der Waals surface area (Å²) in [6, 6.07) is 28.3. The summed E-state index contributed by atoms with van der Waals surface area (Å²) in [5.74, 6) is 0.534. The molecule has 0 aliphatic carbocycles. The van der Waals surface area contributed by atoms with E-state index in [0.29, 0.717) is 23.3 Å². The van der Waals surface area contributed by atoms with Crippen LogP contribution in [0.4, 0.5) is 10.5 Å². The number of aryl methyl sites for hydroxylation is 1. The second-order valence-corrected chi connectivity index (χ2v) is 9.59. The van der Waals surface area contributed by atoms with Gasteiger partial charge in [0.25, 0.3) is 5.56 Å². The zero-order valence-electron chi connectivity index (χ0n) is 22.0. The third kappa shape index (κ3) is 4.77. The highest BCUT2D eigenvalue weighted by Crippen LogP contribution is 2.27. The number of urea groups is 1. The molecular formula is C32H32N4O2. The van der Waals surface area contributed by atoms with Crippen LogP contribution in [0.5, 0.6) is 0 Å². The Labute approximate surface area is 222 Å². The summed E-state index contributed by atoms with van der Waals surface area (Å²) in [7, 11) is 0. The van der Waals surface area contributed by atoms with Crippen molar-refractivity contribution in [1.29, 1.82) is 0 Å². The molecule has 1 heterocycles. The molecule has 6 nitrogen and oxygen atoms in total. The Bertz CT molecular complexity index is 1670. The summed E-state index contributed by atoms with van der Waals surface area (Å²) in [6.07, 6.45) is 1.76. The van der Waals surface area contributed by atoms with Crippen LogP contribution < -0.4 is 10.9 Å². The predicted molar refractivity (Wildman–Crippen MR) is 155 cm³/mol. The molecule has 0 spiro atoms. The summed E-state index contributed by atoms with van der Waals surface area (Å²) < 4.78 is 1.67. The molecule has 5 aromatic rings. The van der Waals surface area contributed by atoms with Crippen LogP contribution in [0.3, 0.4) is 0 Å². The maximum atomic E-state index is 13.9. The van der Waals surface area contributed by atoms with E-state index in [4.69, 9.17) is 4.98 Å². The molecule has 6 heteroatoms. The van der Waals surface area contributed by atoms with Gasteiger partial charge in [0.05, 0.1) is 28.3 Å². The van der Waals surface area contributed by atoms with Crippen LogP contribution in [-0.2, 0) is 0 Å². The standard InChI is InChI=1S/C32H32N4O2/c1-4-5-21-35(32(38)34-27-19-12-15-24-14-7-8-16-25(24)27)23(3)30-33-28-18-10-9-17-26(28)31(37)36(30)29-20-11-6-13-22(29)2/h6-20,23H,4-5,21H2,1-3H3,(H,34,38). The van der Waals surface area contributed by atoms with Crippen molar-refractivity contribution in [2.75, 3.05) is 11.9 Å². The minimum absolute atomic E-state index is 0.142. The molecule has 0 fully saturated rings. The smallest absolute Gasteiger partial charge is 0.315 e. The molecule has 1 aromatic heterocycles. The van der Waals surface area contributed by atoms with Gasteiger partial charge in [-0.05, 0) is 55.5 Å². The molecule has 1 N–H and O–H groups in total. The number of carbonyl (C=O) groups is 1. The fourth-order valence-electron chi connectivity index (χ4n) is 4.94. The maximum absolute atomic E-state index is 13.9. The monoisotopic (exact) mass is 504 g/mol. The summed E-state index contributed by atoms with van der Waals surface area (Å²) >= 11 is 0. The summed E-state index contributed by atoms with van der Waals surface area (Å²) in [5, 5.41) is 5.72. The number of hydrogen-bond acceptors (Lipinski definition) is 3. The van der Waals surface area contributed by atoms with Crippen LogP contribution in [0, 0.1) is 6.92 Å². The van der Waals surface area contributed by atoms with E-state index in [0.717, 1.165) is 40.6 Å². The number of nitrogens with zero attached hydrogens (tertiary/aromatic N) is 3. The summed E-state index contributed by atoms with van der Waals surface area (Å²) in [6.45, 7) is 6.56. The van der Waals surface area contributed by atoms with E-state index in [2.05, 4.69) is 12.2 Å². The van der Waals surface area contributed by atoms with E-state index in [1.807, 2.05) is 98.8 Å². The van der Waals surface area contributed by atoms with Crippen LogP contribution in [0.1, 0.15) is 44.1 Å². The van der Waals surface area contributed by atoms with E-state index >= 15 is 0 Å². The highest BCUT2D eigenvalue weighted by atomic mass is 16.2. The first-order chi connectivity index (χ1) is 18.5. The van der Waals surface area contributed by atoms with Crippen molar-refractivity contribution in [1.82, 2.24) is 14.5 Å². The quantitative estimate of drug-likeness (QED) is 0.254. The van der Waals surface area contributed by atoms with E-state index in [1.165, 1.54) is 0 Å². The number of carbonyl (C=O) groups excluding carboxylic acids is 1. The third-order valence-electron chi connectivity index (χ3n) is 7.04. The molecule has 2 amide bonds. The molecule has 4 aromatic carbocycles. The molecule has 192 valence electrons. The van der Waals surface area contributed by atoms with Gasteiger partial charge >= 0.3 is 6.03 Å². The van der Waals surface area contributed by atoms with Gasteiger partial charge in [0.2, 0.25) is 0 Å². The number of aromatic nitrogens is 2. The van der Waals surface area contributed by atoms with Crippen LogP contribution in [-0.4, -0.2) is 27.0 Å². The second kappa shape index (κ2) is 10.9. The molecule has 1 unspecified atom stereocenters. The van der Waals surface area contributed by atoms with Crippen LogP contribution in [0.15, 0.2) is 95.8 Å². The first-order valence-corrected chi connectivity index (χ1v) is 13.1. The number of fused-ring (bicyclic) bond motifs is 2. The van der Waals surface area contributed by atoms with Gasteiger partial charge in [0, 0.05) is 11.9 Å². The van der Waals surface area contributed by atoms with E-state index in [-0.39, 0.29) is 11.6 Å². The minimum Gasteiger partial charge on any atom is -0.315 e. The molecule has 0 aliphatic rings. The van der Waals surface area contributed by atoms with Crippen molar-refractivity contribution < 1.29 is 4.79 Å². The first-order valence-electron chi connectivity index (χ1n) is 13.1. The number of amides is 2. The fraction of sp³-hybridized carbons (Fsp3) is 0.219. The Morgan fingerprint density at radius 1 is 0.921 bits per heavy atom. The van der Waals surface area contributed by atoms with Crippen molar-refractivity contribution in [3.05, 3.63) is 113 Å². The highest BCUT2D eigenvalue weighted by molar-refractivity contribution is 6.01. The Balaban J connectivity index is 1.62. The summed E-state index contributed by atoms with van der Waals surface area (Å²) in [5.41, 5.74) is 2.96. The Morgan fingerprint density at radius 2 is 1.61 bits per heavy atom. The predicted octanol–water partition coefficient (Wildman–Crippen LogP) is 7.24. The molecular weight excluding hydrogens is 472 g/mol. The van der Waals surface area contributed by atoms with Gasteiger partial charge in [0.15, 0.2) is 0 Å². The van der Waals surface area contributed by atoms with Crippen molar-refractivity contribution in [3.63, 3.8) is 0 Å². The number of rotatable bonds is 7. The molecule has 0 saturated carbocycles. The Hall–Kier alpha value is -4.45. The van der Waals surface area contributed by atoms with Gasteiger partial charge in [-0.15, -0.1) is 0 Å². The zero-order valence-corrected chi connectivity index (χ0v) is 22.0. The van der Waals surface area contributed by atoms with Gasteiger partial charge in [-0.1, -0.05) is 80.1 Å². The van der Waals surface area contributed by atoms with E-state index in [9.17, 15) is 9.59 Å². The lowest BCUT2D eigenvalue weighted by Gasteiger charge is -2.31. The normalized spacial score (nSPS) is 12.0. The Kier molecular flexibility index (Phi) is 7.22. The first kappa shape index (κ1) is 25.2. The van der Waals surface area contributed by atoms with Crippen LogP contribution >= 0.6 is 0 Å². The molecule has 1 atom stereocenters. The third-order valence-corrected chi connectivity index (χ3v) is 7.04. The highest BCUT2D eigenvalue weighted by Gasteiger charge is 2.27. The number of para-hydroxylation sites is 2. The Morgan fingerprint density at radius 3 is 2.39 bits per heavy atom. The summed E-state index contributed by atoms with van der Waals surface area (Å²) in [4.78, 5) is 34.4. The number of unbranched alkanes of at least 4 members (excludes halogenated alkanes) is 1. The number of benzene rings is 4. The second-order valence-electron chi connectivity index (χ2n) is 9.59. The van der Waals surface area contributed by atoms with Crippen molar-refractivity contribution in [2.24, 2.45) is 0 Å². The SMILES string of the molecule is CCCCN(C(=O)Nc1cccc2ccccc12)C(C)c1nc2ccccc2c(=O)n1-c1ccccc1C. The lowest BCUT2D eigenvalue weighted by atomic mass is 10.1. The fourth-order valence-corrected chi connectivity index (χ4v) is 4.94. The lowest BCUT2D eigenvalue weighted by molar-refractivity contribution is 0.188. The number of anilines is 1. The van der Waals surface area contributed by atoms with Gasteiger partial charge in [-0.2, -0.15) is 0 Å². The molecule has 5 rings (SSSR count). The zero-order chi connectivity index (χ0) is 26.6. The topological polar surface area (TPSA) is 67.2 Å². The van der Waals surface area contributed by atoms with Crippen molar-refractivity contribution in [3.8, 4) is 5.69 Å².